The number of anilines is 1. The van der Waals surface area contributed by atoms with E-state index in [1.54, 1.807) is 25.7 Å². The van der Waals surface area contributed by atoms with Crippen molar-refractivity contribution in [3.63, 3.8) is 0 Å². The van der Waals surface area contributed by atoms with E-state index in [0.717, 1.165) is 24.6 Å². The molecule has 4 heterocycles. The van der Waals surface area contributed by atoms with Crippen molar-refractivity contribution in [3.05, 3.63) is 47.7 Å². The highest BCUT2D eigenvalue weighted by Crippen LogP contribution is 2.60. The molecule has 1 aliphatic carbocycles. The fourth-order valence-electron chi connectivity index (χ4n) is 6.26. The van der Waals surface area contributed by atoms with Crippen molar-refractivity contribution in [2.24, 2.45) is 5.92 Å². The number of rotatable bonds is 2. The topological polar surface area (TPSA) is 62.7 Å². The molecule has 2 saturated heterocycles. The number of hydrogen-bond acceptors (Lipinski definition) is 5. The summed E-state index contributed by atoms with van der Waals surface area (Å²) in [6.45, 7) is 6.03. The fraction of sp³-hybridized carbons (Fsp3) is 0.500. The van der Waals surface area contributed by atoms with E-state index in [-0.39, 0.29) is 34.7 Å². The number of ether oxygens (including phenoxy) is 1. The molecule has 3 aliphatic rings. The predicted octanol–water partition coefficient (Wildman–Crippen LogP) is 6.02. The maximum Gasteiger partial charge on any atom is 0.433 e. The summed E-state index contributed by atoms with van der Waals surface area (Å²) >= 11 is 0. The van der Waals surface area contributed by atoms with Gasteiger partial charge in [0.05, 0.1) is 17.1 Å². The summed E-state index contributed by atoms with van der Waals surface area (Å²) in [6.07, 6.45) is -8.50. The Morgan fingerprint density at radius 2 is 1.72 bits per heavy atom. The molecule has 2 aliphatic heterocycles. The third kappa shape index (κ3) is 4.08. The first kappa shape index (κ1) is 25.8. The third-order valence-electron chi connectivity index (χ3n) is 7.71. The smallest absolute Gasteiger partial charge is 0.433 e. The number of likely N-dealkylation sites (tertiary alicyclic amines) is 1. The normalized spacial score (nSPS) is 24.7. The lowest BCUT2D eigenvalue weighted by Gasteiger charge is -2.31. The monoisotopic (exact) mass is 553 g/mol. The third-order valence-corrected chi connectivity index (χ3v) is 7.71. The summed E-state index contributed by atoms with van der Waals surface area (Å²) in [5.41, 5.74) is -4.09. The molecule has 2 bridgehead atoms. The Bertz CT molecular complexity index is 1480. The van der Waals surface area contributed by atoms with Crippen molar-refractivity contribution in [1.29, 1.82) is 0 Å². The zero-order valence-corrected chi connectivity index (χ0v) is 21.3. The average Bonchev–Trinajstić information content (AvgIpc) is 3.18. The molecular formula is C26H25F6N5O2. The molecule has 0 radical (unpaired) electrons. The average molecular weight is 554 g/mol. The zero-order chi connectivity index (χ0) is 28.1. The van der Waals surface area contributed by atoms with E-state index in [4.69, 9.17) is 4.74 Å². The van der Waals surface area contributed by atoms with Crippen molar-refractivity contribution in [2.75, 3.05) is 18.0 Å². The Morgan fingerprint density at radius 3 is 2.38 bits per heavy atom. The molecule has 0 N–H and O–H groups in total. The SMILES string of the molecule is CC(C)(C)OC(=O)N1C[C@@H]2CC[C@]3(C1)[C@H]2N3c1nc2c(-c3ccccc3C(F)(F)F)ccc(C(F)(F)F)n2n1. The standard InChI is InChI=1S/C26H25F6N5O2/c1-23(2,3)39-22(38)35-12-14-10-11-24(13-35)19(14)36(24)21-33-20-16(8-9-18(26(30,31)32)37(20)34-21)15-6-4-5-7-17(15)25(27,28)29/h4-9,14,19H,10-13H2,1-3H3/t14-,19-,24-,36?/m0/s1. The second kappa shape index (κ2) is 8.01. The molecule has 0 spiro atoms. The molecule has 3 atom stereocenters. The molecule has 0 unspecified atom stereocenters. The second-order valence-corrected chi connectivity index (χ2v) is 11.4. The molecule has 208 valence electrons. The first-order valence-corrected chi connectivity index (χ1v) is 12.5. The number of alkyl halides is 6. The molecule has 1 aromatic carbocycles. The first-order valence-electron chi connectivity index (χ1n) is 12.5. The highest BCUT2D eigenvalue weighted by Gasteiger charge is 2.73. The number of benzene rings is 1. The highest BCUT2D eigenvalue weighted by molar-refractivity contribution is 5.81. The van der Waals surface area contributed by atoms with Gasteiger partial charge in [0.15, 0.2) is 5.65 Å². The van der Waals surface area contributed by atoms with E-state index in [1.165, 1.54) is 18.2 Å². The van der Waals surface area contributed by atoms with Crippen LogP contribution >= 0.6 is 0 Å². The molecule has 7 nitrogen and oxygen atoms in total. The number of carbonyl (C=O) groups excluding carboxylic acids is 1. The maximum atomic E-state index is 13.9. The highest BCUT2D eigenvalue weighted by atomic mass is 19.4. The van der Waals surface area contributed by atoms with E-state index >= 15 is 0 Å². The zero-order valence-electron chi connectivity index (χ0n) is 21.3. The molecule has 13 heteroatoms. The number of piperidine rings is 2. The Morgan fingerprint density at radius 1 is 1.00 bits per heavy atom. The molecule has 6 rings (SSSR count). The summed E-state index contributed by atoms with van der Waals surface area (Å²) in [7, 11) is 0. The largest absolute Gasteiger partial charge is 0.444 e. The van der Waals surface area contributed by atoms with Gasteiger partial charge >= 0.3 is 18.4 Å². The van der Waals surface area contributed by atoms with E-state index in [2.05, 4.69) is 10.1 Å². The van der Waals surface area contributed by atoms with Crippen molar-refractivity contribution in [3.8, 4) is 11.1 Å². The van der Waals surface area contributed by atoms with Crippen LogP contribution in [0.25, 0.3) is 16.8 Å². The van der Waals surface area contributed by atoms with Crippen LogP contribution in [0.3, 0.4) is 0 Å². The van der Waals surface area contributed by atoms with Gasteiger partial charge in [0, 0.05) is 18.7 Å². The van der Waals surface area contributed by atoms with Crippen molar-refractivity contribution < 1.29 is 35.9 Å². The van der Waals surface area contributed by atoms with Gasteiger partial charge in [-0.15, -0.1) is 5.10 Å². The van der Waals surface area contributed by atoms with Gasteiger partial charge in [-0.25, -0.2) is 9.31 Å². The van der Waals surface area contributed by atoms with Gasteiger partial charge in [0.2, 0.25) is 5.95 Å². The van der Waals surface area contributed by atoms with Gasteiger partial charge in [-0.3, -0.25) is 0 Å². The Balaban J connectivity index is 1.43. The number of fused-ring (bicyclic) bond motifs is 1. The predicted molar refractivity (Wildman–Crippen MR) is 128 cm³/mol. The molecule has 39 heavy (non-hydrogen) atoms. The van der Waals surface area contributed by atoms with Gasteiger partial charge in [0.1, 0.15) is 11.3 Å². The minimum atomic E-state index is -4.82. The van der Waals surface area contributed by atoms with Gasteiger partial charge in [-0.1, -0.05) is 18.2 Å². The minimum Gasteiger partial charge on any atom is -0.444 e. The lowest BCUT2D eigenvalue weighted by Crippen LogP contribution is -2.47. The molecule has 3 aromatic rings. The number of pyridine rings is 1. The fourth-order valence-corrected chi connectivity index (χ4v) is 6.26. The Hall–Kier alpha value is -3.51. The van der Waals surface area contributed by atoms with E-state index in [1.807, 2.05) is 4.90 Å². The minimum absolute atomic E-state index is 0.00169. The molecule has 1 amide bonds. The van der Waals surface area contributed by atoms with Crippen molar-refractivity contribution >= 4 is 17.7 Å². The number of carbonyl (C=O) groups is 1. The summed E-state index contributed by atoms with van der Waals surface area (Å²) in [6, 6.07) is 6.34. The summed E-state index contributed by atoms with van der Waals surface area (Å²) in [5.74, 6) is 0.0450. The van der Waals surface area contributed by atoms with Crippen molar-refractivity contribution in [2.45, 2.75) is 63.1 Å². The van der Waals surface area contributed by atoms with Gasteiger partial charge in [-0.2, -0.15) is 31.3 Å². The summed E-state index contributed by atoms with van der Waals surface area (Å²) in [5, 5.41) is 4.18. The lowest BCUT2D eigenvalue weighted by molar-refractivity contribution is -0.142. The van der Waals surface area contributed by atoms with Crippen LogP contribution in [0.1, 0.15) is 44.9 Å². The quantitative estimate of drug-likeness (QED) is 0.287. The van der Waals surface area contributed by atoms with Crippen LogP contribution in [0.15, 0.2) is 36.4 Å². The molecule has 2 aromatic heterocycles. The van der Waals surface area contributed by atoms with Crippen LogP contribution in [0.2, 0.25) is 0 Å². The van der Waals surface area contributed by atoms with Gasteiger partial charge in [0.25, 0.3) is 0 Å². The number of nitrogens with zero attached hydrogens (tertiary/aromatic N) is 5. The second-order valence-electron chi connectivity index (χ2n) is 11.4. The molecule has 1 saturated carbocycles. The Kier molecular flexibility index (Phi) is 5.29. The van der Waals surface area contributed by atoms with Crippen LogP contribution in [0.5, 0.6) is 0 Å². The van der Waals surface area contributed by atoms with Crippen LogP contribution < -0.4 is 4.90 Å². The van der Waals surface area contributed by atoms with Crippen LogP contribution in [-0.4, -0.2) is 55.9 Å². The van der Waals surface area contributed by atoms with E-state index < -0.39 is 40.8 Å². The van der Waals surface area contributed by atoms with Crippen molar-refractivity contribution in [1.82, 2.24) is 19.5 Å². The van der Waals surface area contributed by atoms with Crippen LogP contribution in [0, 0.1) is 5.92 Å². The molecular weight excluding hydrogens is 528 g/mol. The van der Waals surface area contributed by atoms with E-state index in [0.29, 0.717) is 24.0 Å². The van der Waals surface area contributed by atoms with Gasteiger partial charge in [-0.05, 0) is 63.3 Å². The van der Waals surface area contributed by atoms with Crippen LogP contribution in [0.4, 0.5) is 37.1 Å². The number of halogens is 6. The number of amides is 1. The first-order chi connectivity index (χ1) is 18.1. The van der Waals surface area contributed by atoms with E-state index in [9.17, 15) is 31.1 Å². The lowest BCUT2D eigenvalue weighted by atomic mass is 9.99. The molecule has 3 fully saturated rings. The van der Waals surface area contributed by atoms with Gasteiger partial charge < -0.3 is 14.5 Å². The maximum absolute atomic E-state index is 13.9. The summed E-state index contributed by atoms with van der Waals surface area (Å²) < 4.78 is 89.2. The Labute approximate surface area is 219 Å². The summed E-state index contributed by atoms with van der Waals surface area (Å²) in [4.78, 5) is 20.6. The van der Waals surface area contributed by atoms with Crippen LogP contribution in [-0.2, 0) is 17.1 Å². The number of aromatic nitrogens is 3. The number of hydrogen-bond donors (Lipinski definition) is 0.